The molecule has 0 aliphatic carbocycles. The van der Waals surface area contributed by atoms with Crippen molar-refractivity contribution in [3.63, 3.8) is 0 Å². The quantitative estimate of drug-likeness (QED) is 0.729. The number of amides is 1. The number of hydrogen-bond acceptors (Lipinski definition) is 5. The average molecular weight is 432 g/mol. The predicted octanol–water partition coefficient (Wildman–Crippen LogP) is 2.73. The number of likely N-dealkylation sites (N-methyl/N-ethyl adjacent to an activating group) is 2. The fourth-order valence-corrected chi connectivity index (χ4v) is 4.85. The smallest absolute Gasteiger partial charge is 0.253 e. The highest BCUT2D eigenvalue weighted by atomic mass is 32.2. The van der Waals surface area contributed by atoms with Crippen LogP contribution in [0, 0.1) is 0 Å². The van der Waals surface area contributed by atoms with Gasteiger partial charge in [-0.05, 0) is 51.1 Å². The maximum Gasteiger partial charge on any atom is 0.253 e. The fraction of sp³-hybridized carbons (Fsp3) is 0.409. The van der Waals surface area contributed by atoms with Gasteiger partial charge < -0.3 is 14.5 Å². The van der Waals surface area contributed by atoms with Gasteiger partial charge in [-0.1, -0.05) is 18.2 Å². The Bertz CT molecular complexity index is 1010. The van der Waals surface area contributed by atoms with Crippen LogP contribution in [0.2, 0.25) is 0 Å². The summed E-state index contributed by atoms with van der Waals surface area (Å²) < 4.78 is 33.5. The molecule has 0 fully saturated rings. The van der Waals surface area contributed by atoms with E-state index in [1.54, 1.807) is 37.9 Å². The first-order valence-electron chi connectivity index (χ1n) is 10.1. The molecule has 1 heterocycles. The number of ether oxygens (including phenoxy) is 1. The van der Waals surface area contributed by atoms with Crippen molar-refractivity contribution in [2.75, 3.05) is 31.6 Å². The second-order valence-corrected chi connectivity index (χ2v) is 9.45. The Morgan fingerprint density at radius 2 is 1.97 bits per heavy atom. The van der Waals surface area contributed by atoms with E-state index in [2.05, 4.69) is 16.5 Å². The lowest BCUT2D eigenvalue weighted by Gasteiger charge is -2.37. The van der Waals surface area contributed by atoms with Crippen molar-refractivity contribution in [1.29, 1.82) is 0 Å². The van der Waals surface area contributed by atoms with Crippen LogP contribution in [0.1, 0.15) is 31.1 Å². The topological polar surface area (TPSA) is 79.0 Å². The fourth-order valence-electron chi connectivity index (χ4n) is 3.56. The number of rotatable bonds is 7. The van der Waals surface area contributed by atoms with Gasteiger partial charge in [-0.25, -0.2) is 13.1 Å². The summed E-state index contributed by atoms with van der Waals surface area (Å²) in [5.41, 5.74) is 1.38. The summed E-state index contributed by atoms with van der Waals surface area (Å²) in [5, 5.41) is 0. The zero-order valence-electron chi connectivity index (χ0n) is 17.8. The monoisotopic (exact) mass is 431 g/mol. The molecular weight excluding hydrogens is 402 g/mol. The van der Waals surface area contributed by atoms with Crippen molar-refractivity contribution in [2.45, 2.75) is 37.8 Å². The molecule has 2 aromatic carbocycles. The highest BCUT2D eigenvalue weighted by Crippen LogP contribution is 2.32. The molecule has 1 amide bonds. The summed E-state index contributed by atoms with van der Waals surface area (Å²) >= 11 is 0. The van der Waals surface area contributed by atoms with E-state index in [9.17, 15) is 13.2 Å². The molecule has 3 rings (SSSR count). The van der Waals surface area contributed by atoms with Crippen molar-refractivity contribution in [3.8, 4) is 5.75 Å². The molecule has 1 unspecified atom stereocenters. The molecule has 8 heteroatoms. The number of para-hydroxylation sites is 2. The molecule has 1 aliphatic rings. The number of benzene rings is 2. The van der Waals surface area contributed by atoms with E-state index in [-0.39, 0.29) is 22.9 Å². The van der Waals surface area contributed by atoms with Gasteiger partial charge >= 0.3 is 0 Å². The normalized spacial score (nSPS) is 16.2. The van der Waals surface area contributed by atoms with Crippen LogP contribution in [0.3, 0.4) is 0 Å². The number of fused-ring (bicyclic) bond motifs is 1. The third-order valence-corrected chi connectivity index (χ3v) is 6.57. The lowest BCUT2D eigenvalue weighted by molar-refractivity contribution is 0.0709. The Kier molecular flexibility index (Phi) is 6.67. The van der Waals surface area contributed by atoms with E-state index in [1.165, 1.54) is 12.1 Å². The lowest BCUT2D eigenvalue weighted by atomic mass is 10.1. The molecule has 162 valence electrons. The van der Waals surface area contributed by atoms with E-state index >= 15 is 0 Å². The van der Waals surface area contributed by atoms with Gasteiger partial charge in [0.1, 0.15) is 11.9 Å². The van der Waals surface area contributed by atoms with Crippen molar-refractivity contribution in [3.05, 3.63) is 54.1 Å². The molecular formula is C22H29N3O4S. The summed E-state index contributed by atoms with van der Waals surface area (Å²) in [4.78, 5) is 16.8. The standard InChI is InChI=1S/C22H29N3O4S/c1-5-25-15-18(29-21-12-7-6-11-20(21)25)14-24(4)22(26)17-9-8-10-19(13-17)30(27,28)23-16(2)3/h6-13,16,18,23H,5,14-15H2,1-4H3. The van der Waals surface area contributed by atoms with Gasteiger partial charge in [-0.3, -0.25) is 4.79 Å². The minimum Gasteiger partial charge on any atom is -0.485 e. The largest absolute Gasteiger partial charge is 0.485 e. The van der Waals surface area contributed by atoms with Crippen molar-refractivity contribution < 1.29 is 17.9 Å². The van der Waals surface area contributed by atoms with Crippen LogP contribution in [0.25, 0.3) is 0 Å². The second-order valence-electron chi connectivity index (χ2n) is 7.74. The molecule has 1 atom stereocenters. The minimum absolute atomic E-state index is 0.0791. The van der Waals surface area contributed by atoms with Gasteiger partial charge in [0.25, 0.3) is 5.91 Å². The first-order valence-corrected chi connectivity index (χ1v) is 11.6. The number of carbonyl (C=O) groups excluding carboxylic acids is 1. The van der Waals surface area contributed by atoms with Crippen LogP contribution in [0.4, 0.5) is 5.69 Å². The molecule has 7 nitrogen and oxygen atoms in total. The molecule has 0 spiro atoms. The van der Waals surface area contributed by atoms with E-state index in [1.807, 2.05) is 24.3 Å². The van der Waals surface area contributed by atoms with Gasteiger partial charge in [0.15, 0.2) is 0 Å². The lowest BCUT2D eigenvalue weighted by Crippen LogP contribution is -2.46. The zero-order chi connectivity index (χ0) is 21.9. The third kappa shape index (κ3) is 4.94. The molecule has 0 bridgehead atoms. The molecule has 30 heavy (non-hydrogen) atoms. The van der Waals surface area contributed by atoms with Gasteiger partial charge in [0.2, 0.25) is 10.0 Å². The molecule has 0 saturated carbocycles. The zero-order valence-corrected chi connectivity index (χ0v) is 18.6. The summed E-state index contributed by atoms with van der Waals surface area (Å²) in [7, 11) is -1.96. The van der Waals surface area contributed by atoms with Crippen LogP contribution < -0.4 is 14.4 Å². The Hall–Kier alpha value is -2.58. The maximum atomic E-state index is 13.0. The Balaban J connectivity index is 1.73. The highest BCUT2D eigenvalue weighted by Gasteiger charge is 2.27. The first-order chi connectivity index (χ1) is 14.2. The molecule has 2 aromatic rings. The molecule has 1 N–H and O–H groups in total. The van der Waals surface area contributed by atoms with Crippen molar-refractivity contribution >= 4 is 21.6 Å². The molecule has 0 saturated heterocycles. The summed E-state index contributed by atoms with van der Waals surface area (Å²) in [6, 6.07) is 13.8. The predicted molar refractivity (Wildman–Crippen MR) is 118 cm³/mol. The summed E-state index contributed by atoms with van der Waals surface area (Å²) in [6.07, 6.45) is -0.177. The van der Waals surface area contributed by atoms with Gasteiger partial charge in [0.05, 0.1) is 23.7 Å². The average Bonchev–Trinajstić information content (AvgIpc) is 2.71. The van der Waals surface area contributed by atoms with E-state index in [4.69, 9.17) is 4.74 Å². The molecule has 1 aliphatic heterocycles. The number of hydrogen-bond donors (Lipinski definition) is 1. The SMILES string of the molecule is CCN1CC(CN(C)C(=O)c2cccc(S(=O)(=O)NC(C)C)c2)Oc2ccccc21. The Morgan fingerprint density at radius 1 is 1.23 bits per heavy atom. The molecule has 0 aromatic heterocycles. The number of nitrogens with one attached hydrogen (secondary N) is 1. The first kappa shape index (κ1) is 22.1. The van der Waals surface area contributed by atoms with Crippen LogP contribution in [-0.4, -0.2) is 58.1 Å². The van der Waals surface area contributed by atoms with Gasteiger partial charge in [-0.15, -0.1) is 0 Å². The third-order valence-electron chi connectivity index (χ3n) is 4.91. The summed E-state index contributed by atoms with van der Waals surface area (Å²) in [6.45, 7) is 7.51. The Morgan fingerprint density at radius 3 is 2.67 bits per heavy atom. The van der Waals surface area contributed by atoms with E-state index in [0.717, 1.165) is 18.0 Å². The van der Waals surface area contributed by atoms with Crippen LogP contribution in [0.5, 0.6) is 5.75 Å². The van der Waals surface area contributed by atoms with Gasteiger partial charge in [0, 0.05) is 25.2 Å². The Labute approximate surface area is 178 Å². The van der Waals surface area contributed by atoms with Gasteiger partial charge in [-0.2, -0.15) is 0 Å². The second kappa shape index (κ2) is 9.06. The summed E-state index contributed by atoms with van der Waals surface area (Å²) in [5.74, 6) is 0.561. The molecule has 0 radical (unpaired) electrons. The number of nitrogens with zero attached hydrogens (tertiary/aromatic N) is 2. The van der Waals surface area contributed by atoms with E-state index < -0.39 is 10.0 Å². The maximum absolute atomic E-state index is 13.0. The number of anilines is 1. The van der Waals surface area contributed by atoms with E-state index in [0.29, 0.717) is 18.7 Å². The number of sulfonamides is 1. The number of carbonyl (C=O) groups is 1. The van der Waals surface area contributed by atoms with Crippen LogP contribution in [0.15, 0.2) is 53.4 Å². The van der Waals surface area contributed by atoms with Crippen LogP contribution >= 0.6 is 0 Å². The van der Waals surface area contributed by atoms with Crippen molar-refractivity contribution in [1.82, 2.24) is 9.62 Å². The minimum atomic E-state index is -3.66. The van der Waals surface area contributed by atoms with Crippen LogP contribution in [-0.2, 0) is 10.0 Å². The highest BCUT2D eigenvalue weighted by molar-refractivity contribution is 7.89. The van der Waals surface area contributed by atoms with Crippen molar-refractivity contribution in [2.24, 2.45) is 0 Å².